The third-order valence-corrected chi connectivity index (χ3v) is 4.79. The van der Waals surface area contributed by atoms with Crippen LogP contribution in [0.15, 0.2) is 60.3 Å². The van der Waals surface area contributed by atoms with Gasteiger partial charge in [0.2, 0.25) is 5.12 Å². The second-order valence-corrected chi connectivity index (χ2v) is 6.74. The van der Waals surface area contributed by atoms with E-state index in [0.717, 1.165) is 38.9 Å². The first-order valence-electron chi connectivity index (χ1n) is 6.88. The first-order chi connectivity index (χ1) is 10.7. The first-order valence-corrected chi connectivity index (χ1v) is 8.10. The zero-order chi connectivity index (χ0) is 15.1. The number of fused-ring (bicyclic) bond motifs is 2. The summed E-state index contributed by atoms with van der Waals surface area (Å²) in [6.07, 6.45) is 1.92. The van der Waals surface area contributed by atoms with Crippen molar-refractivity contribution in [3.63, 3.8) is 0 Å². The van der Waals surface area contributed by atoms with E-state index in [4.69, 9.17) is 12.2 Å². The van der Waals surface area contributed by atoms with Crippen molar-refractivity contribution >= 4 is 61.0 Å². The van der Waals surface area contributed by atoms with Gasteiger partial charge in [-0.15, -0.1) is 0 Å². The van der Waals surface area contributed by atoms with Crippen molar-refractivity contribution in [2.24, 2.45) is 0 Å². The molecule has 0 unspecified atom stereocenters. The number of thioether (sulfide) groups is 1. The van der Waals surface area contributed by atoms with Crippen LogP contribution in [0.25, 0.3) is 27.6 Å². The number of hydrogen-bond donors (Lipinski definition) is 1. The summed E-state index contributed by atoms with van der Waals surface area (Å²) in [5.74, 6) is 0. The number of rotatable bonds is 1. The van der Waals surface area contributed by atoms with Gasteiger partial charge in [0.05, 0.1) is 5.70 Å². The molecule has 0 atom stereocenters. The molecule has 1 heterocycles. The third kappa shape index (κ3) is 2.21. The lowest BCUT2D eigenvalue weighted by Crippen LogP contribution is -2.10. The van der Waals surface area contributed by atoms with Gasteiger partial charge in [-0.05, 0) is 51.0 Å². The SMILES string of the molecule is O=C1SC(=S)NC1=Cc1c2ccccc2cc2ccccc12. The van der Waals surface area contributed by atoms with Crippen molar-refractivity contribution in [2.75, 3.05) is 0 Å². The Bertz CT molecular complexity index is 921. The van der Waals surface area contributed by atoms with E-state index in [0.29, 0.717) is 10.0 Å². The zero-order valence-corrected chi connectivity index (χ0v) is 13.1. The largest absolute Gasteiger partial charge is 0.337 e. The summed E-state index contributed by atoms with van der Waals surface area (Å²) in [5.41, 5.74) is 1.60. The van der Waals surface area contributed by atoms with Crippen molar-refractivity contribution in [3.05, 3.63) is 65.9 Å². The fourth-order valence-corrected chi connectivity index (χ4v) is 3.66. The molecule has 3 aromatic carbocycles. The molecule has 0 saturated carbocycles. The predicted molar refractivity (Wildman–Crippen MR) is 97.8 cm³/mol. The summed E-state index contributed by atoms with van der Waals surface area (Å²) in [7, 11) is 0. The fourth-order valence-electron chi connectivity index (χ4n) is 2.77. The van der Waals surface area contributed by atoms with Crippen LogP contribution in [0.3, 0.4) is 0 Å². The topological polar surface area (TPSA) is 29.1 Å². The van der Waals surface area contributed by atoms with Crippen LogP contribution in [0.4, 0.5) is 0 Å². The van der Waals surface area contributed by atoms with E-state index >= 15 is 0 Å². The van der Waals surface area contributed by atoms with Gasteiger partial charge in [-0.2, -0.15) is 0 Å². The summed E-state index contributed by atoms with van der Waals surface area (Å²) >= 11 is 6.14. The van der Waals surface area contributed by atoms with E-state index < -0.39 is 0 Å². The molecular weight excluding hydrogens is 310 g/mol. The van der Waals surface area contributed by atoms with Crippen molar-refractivity contribution in [2.45, 2.75) is 0 Å². The zero-order valence-electron chi connectivity index (χ0n) is 11.5. The van der Waals surface area contributed by atoms with E-state index in [2.05, 4.69) is 35.6 Å². The first kappa shape index (κ1) is 13.5. The number of carbonyl (C=O) groups excluding carboxylic acids is 1. The molecule has 0 amide bonds. The van der Waals surface area contributed by atoms with Crippen LogP contribution in [0.2, 0.25) is 0 Å². The maximum Gasteiger partial charge on any atom is 0.242 e. The summed E-state index contributed by atoms with van der Waals surface area (Å²) < 4.78 is 0.515. The molecule has 1 aliphatic rings. The van der Waals surface area contributed by atoms with Gasteiger partial charge < -0.3 is 5.32 Å². The molecule has 106 valence electrons. The Morgan fingerprint density at radius 3 is 2.09 bits per heavy atom. The van der Waals surface area contributed by atoms with Gasteiger partial charge in [0.15, 0.2) is 0 Å². The molecule has 3 aromatic rings. The van der Waals surface area contributed by atoms with Crippen LogP contribution < -0.4 is 5.32 Å². The molecule has 0 aromatic heterocycles. The molecule has 22 heavy (non-hydrogen) atoms. The van der Waals surface area contributed by atoms with Crippen molar-refractivity contribution < 1.29 is 4.79 Å². The van der Waals surface area contributed by atoms with E-state index in [1.54, 1.807) is 0 Å². The minimum absolute atomic E-state index is 0.0259. The van der Waals surface area contributed by atoms with Crippen LogP contribution in [0.5, 0.6) is 0 Å². The summed E-state index contributed by atoms with van der Waals surface area (Å²) in [6, 6.07) is 18.6. The number of thiocarbonyl (C=S) groups is 1. The third-order valence-electron chi connectivity index (χ3n) is 3.74. The number of carbonyl (C=O) groups is 1. The average molecular weight is 321 g/mol. The van der Waals surface area contributed by atoms with E-state index in [9.17, 15) is 4.79 Å². The maximum absolute atomic E-state index is 12.0. The fraction of sp³-hybridized carbons (Fsp3) is 0. The molecular formula is C18H11NOS2. The van der Waals surface area contributed by atoms with Crippen LogP contribution >= 0.6 is 24.0 Å². The Morgan fingerprint density at radius 2 is 1.55 bits per heavy atom. The van der Waals surface area contributed by atoms with E-state index in [1.165, 1.54) is 0 Å². The lowest BCUT2D eigenvalue weighted by atomic mass is 9.96. The maximum atomic E-state index is 12.0. The van der Waals surface area contributed by atoms with Crippen molar-refractivity contribution in [1.82, 2.24) is 5.32 Å². The van der Waals surface area contributed by atoms with Gasteiger partial charge in [-0.25, -0.2) is 0 Å². The lowest BCUT2D eigenvalue weighted by molar-refractivity contribution is -0.107. The molecule has 0 aliphatic carbocycles. The quantitative estimate of drug-likeness (QED) is 0.406. The molecule has 4 heteroatoms. The average Bonchev–Trinajstić information content (AvgIpc) is 2.84. The highest BCUT2D eigenvalue weighted by Gasteiger charge is 2.22. The number of hydrogen-bond acceptors (Lipinski definition) is 3. The number of benzene rings is 3. The molecule has 1 saturated heterocycles. The van der Waals surface area contributed by atoms with Crippen LogP contribution in [-0.2, 0) is 4.79 Å². The predicted octanol–water partition coefficient (Wildman–Crippen LogP) is 4.48. The smallest absolute Gasteiger partial charge is 0.242 e. The van der Waals surface area contributed by atoms with Gasteiger partial charge in [0.25, 0.3) is 0 Å². The highest BCUT2D eigenvalue weighted by atomic mass is 32.2. The summed E-state index contributed by atoms with van der Waals surface area (Å²) in [4.78, 5) is 12.0. The Balaban J connectivity index is 2.07. The molecule has 2 nitrogen and oxygen atoms in total. The van der Waals surface area contributed by atoms with Crippen LogP contribution in [0, 0.1) is 0 Å². The highest BCUT2D eigenvalue weighted by Crippen LogP contribution is 2.31. The molecule has 1 N–H and O–H groups in total. The Labute approximate surface area is 137 Å². The summed E-state index contributed by atoms with van der Waals surface area (Å²) in [6.45, 7) is 0. The Hall–Kier alpha value is -2.17. The standard InChI is InChI=1S/C18H11NOS2/c20-17-16(19-18(21)22-17)10-15-13-7-3-1-5-11(13)9-12-6-2-4-8-14(12)15/h1-10H,(H,19,21). The van der Waals surface area contributed by atoms with Crippen molar-refractivity contribution in [3.8, 4) is 0 Å². The van der Waals surface area contributed by atoms with Crippen LogP contribution in [0.1, 0.15) is 5.56 Å². The summed E-state index contributed by atoms with van der Waals surface area (Å²) in [5, 5.41) is 7.54. The molecule has 4 rings (SSSR count). The second-order valence-electron chi connectivity index (χ2n) is 5.09. The second kappa shape index (κ2) is 5.23. The highest BCUT2D eigenvalue weighted by molar-refractivity contribution is 8.33. The van der Waals surface area contributed by atoms with Gasteiger partial charge >= 0.3 is 0 Å². The van der Waals surface area contributed by atoms with Crippen LogP contribution in [-0.4, -0.2) is 9.44 Å². The van der Waals surface area contributed by atoms with E-state index in [-0.39, 0.29) is 5.12 Å². The Kier molecular flexibility index (Phi) is 3.21. The minimum atomic E-state index is -0.0259. The monoisotopic (exact) mass is 321 g/mol. The van der Waals surface area contributed by atoms with Gasteiger partial charge in [-0.3, -0.25) is 4.79 Å². The molecule has 0 spiro atoms. The number of nitrogens with one attached hydrogen (secondary N) is 1. The Morgan fingerprint density at radius 1 is 0.955 bits per heavy atom. The molecule has 1 fully saturated rings. The van der Waals surface area contributed by atoms with Crippen molar-refractivity contribution in [1.29, 1.82) is 0 Å². The van der Waals surface area contributed by atoms with E-state index in [1.807, 2.05) is 30.3 Å². The van der Waals surface area contributed by atoms with Gasteiger partial charge in [-0.1, -0.05) is 60.7 Å². The molecule has 0 radical (unpaired) electrons. The lowest BCUT2D eigenvalue weighted by Gasteiger charge is -2.09. The van der Waals surface area contributed by atoms with Gasteiger partial charge in [0, 0.05) is 0 Å². The molecule has 0 bridgehead atoms. The molecule has 1 aliphatic heterocycles. The minimum Gasteiger partial charge on any atom is -0.337 e. The normalized spacial score (nSPS) is 16.6. The van der Waals surface area contributed by atoms with Gasteiger partial charge in [0.1, 0.15) is 4.32 Å².